The van der Waals surface area contributed by atoms with Gasteiger partial charge in [-0.2, -0.15) is 0 Å². The monoisotopic (exact) mass is 318 g/mol. The SMILES string of the molecule is CCOC(=C=O)[C@@H](C)OC(=O)[C@H]1CCCc2cc(OC)ccc21. The lowest BCUT2D eigenvalue weighted by atomic mass is 9.83. The van der Waals surface area contributed by atoms with E-state index in [4.69, 9.17) is 14.2 Å². The van der Waals surface area contributed by atoms with Crippen LogP contribution in [0, 0.1) is 0 Å². The molecule has 5 heteroatoms. The molecule has 0 bridgehead atoms. The van der Waals surface area contributed by atoms with Crippen molar-refractivity contribution in [3.05, 3.63) is 35.1 Å². The zero-order valence-electron chi connectivity index (χ0n) is 13.8. The molecule has 0 aliphatic heterocycles. The van der Waals surface area contributed by atoms with Gasteiger partial charge in [0.1, 0.15) is 5.75 Å². The van der Waals surface area contributed by atoms with E-state index in [2.05, 4.69) is 0 Å². The van der Waals surface area contributed by atoms with Gasteiger partial charge < -0.3 is 14.2 Å². The average molecular weight is 318 g/mol. The van der Waals surface area contributed by atoms with Gasteiger partial charge in [-0.3, -0.25) is 4.79 Å². The van der Waals surface area contributed by atoms with Crippen LogP contribution in [0.2, 0.25) is 0 Å². The van der Waals surface area contributed by atoms with Crippen molar-refractivity contribution in [2.24, 2.45) is 0 Å². The van der Waals surface area contributed by atoms with Crippen molar-refractivity contribution in [3.63, 3.8) is 0 Å². The van der Waals surface area contributed by atoms with E-state index in [1.165, 1.54) is 0 Å². The number of carbonyl (C=O) groups excluding carboxylic acids is 2. The Labute approximate surface area is 136 Å². The van der Waals surface area contributed by atoms with Crippen LogP contribution >= 0.6 is 0 Å². The summed E-state index contributed by atoms with van der Waals surface area (Å²) < 4.78 is 15.8. The molecular weight excluding hydrogens is 296 g/mol. The lowest BCUT2D eigenvalue weighted by Crippen LogP contribution is -2.26. The Bertz CT molecular complexity index is 616. The highest BCUT2D eigenvalue weighted by Gasteiger charge is 2.30. The minimum absolute atomic E-state index is 0.0200. The Morgan fingerprint density at radius 3 is 2.87 bits per heavy atom. The molecule has 0 spiro atoms. The molecular formula is C18H22O5. The fourth-order valence-corrected chi connectivity index (χ4v) is 2.86. The summed E-state index contributed by atoms with van der Waals surface area (Å²) in [5, 5.41) is 0. The molecule has 0 fully saturated rings. The van der Waals surface area contributed by atoms with Crippen molar-refractivity contribution in [2.75, 3.05) is 13.7 Å². The van der Waals surface area contributed by atoms with Crippen LogP contribution in [0.3, 0.4) is 0 Å². The summed E-state index contributed by atoms with van der Waals surface area (Å²) in [5.41, 5.74) is 2.09. The molecule has 0 heterocycles. The first-order chi connectivity index (χ1) is 11.1. The molecule has 124 valence electrons. The Morgan fingerprint density at radius 1 is 1.43 bits per heavy atom. The molecule has 1 aliphatic rings. The molecule has 0 saturated heterocycles. The van der Waals surface area contributed by atoms with Gasteiger partial charge in [-0.25, -0.2) is 4.79 Å². The molecule has 2 atom stereocenters. The summed E-state index contributed by atoms with van der Waals surface area (Å²) >= 11 is 0. The van der Waals surface area contributed by atoms with Gasteiger partial charge in [-0.1, -0.05) is 6.07 Å². The van der Waals surface area contributed by atoms with Crippen LogP contribution in [-0.4, -0.2) is 31.7 Å². The van der Waals surface area contributed by atoms with Gasteiger partial charge in [0.2, 0.25) is 5.76 Å². The van der Waals surface area contributed by atoms with Crippen LogP contribution < -0.4 is 4.74 Å². The molecule has 0 unspecified atom stereocenters. The van der Waals surface area contributed by atoms with Crippen LogP contribution in [0.25, 0.3) is 0 Å². The van der Waals surface area contributed by atoms with E-state index in [1.807, 2.05) is 18.2 Å². The first kappa shape index (κ1) is 17.1. The Balaban J connectivity index is 2.14. The van der Waals surface area contributed by atoms with Crippen LogP contribution in [0.4, 0.5) is 0 Å². The average Bonchev–Trinajstić information content (AvgIpc) is 2.58. The highest BCUT2D eigenvalue weighted by Crippen LogP contribution is 2.35. The minimum atomic E-state index is -0.733. The molecule has 0 saturated carbocycles. The van der Waals surface area contributed by atoms with Crippen molar-refractivity contribution >= 4 is 11.9 Å². The number of methoxy groups -OCH3 is 1. The van der Waals surface area contributed by atoms with E-state index < -0.39 is 6.10 Å². The van der Waals surface area contributed by atoms with Crippen molar-refractivity contribution in [1.29, 1.82) is 0 Å². The van der Waals surface area contributed by atoms with E-state index in [0.717, 1.165) is 36.1 Å². The molecule has 1 aromatic rings. The number of hydrogen-bond donors (Lipinski definition) is 0. The maximum atomic E-state index is 12.5. The van der Waals surface area contributed by atoms with Gasteiger partial charge in [-0.15, -0.1) is 0 Å². The highest BCUT2D eigenvalue weighted by atomic mass is 16.6. The summed E-state index contributed by atoms with van der Waals surface area (Å²) in [6, 6.07) is 5.74. The van der Waals surface area contributed by atoms with Crippen LogP contribution in [0.1, 0.15) is 43.7 Å². The molecule has 1 aromatic carbocycles. The van der Waals surface area contributed by atoms with E-state index in [-0.39, 0.29) is 17.6 Å². The molecule has 0 amide bonds. The van der Waals surface area contributed by atoms with Crippen molar-refractivity contribution < 1.29 is 23.8 Å². The largest absolute Gasteiger partial charge is 0.497 e. The third kappa shape index (κ3) is 3.93. The molecule has 2 rings (SSSR count). The summed E-state index contributed by atoms with van der Waals surface area (Å²) in [7, 11) is 1.62. The summed E-state index contributed by atoms with van der Waals surface area (Å²) in [6.07, 6.45) is 1.84. The third-order valence-electron chi connectivity index (χ3n) is 4.01. The quantitative estimate of drug-likeness (QED) is 0.458. The van der Waals surface area contributed by atoms with Gasteiger partial charge in [0.25, 0.3) is 0 Å². The van der Waals surface area contributed by atoms with Gasteiger partial charge >= 0.3 is 5.97 Å². The second kappa shape index (κ2) is 7.84. The highest BCUT2D eigenvalue weighted by molar-refractivity contribution is 5.79. The van der Waals surface area contributed by atoms with Gasteiger partial charge in [-0.05, 0) is 56.4 Å². The van der Waals surface area contributed by atoms with E-state index in [9.17, 15) is 9.59 Å². The first-order valence-corrected chi connectivity index (χ1v) is 7.85. The first-order valence-electron chi connectivity index (χ1n) is 7.85. The fourth-order valence-electron chi connectivity index (χ4n) is 2.86. The number of fused-ring (bicyclic) bond motifs is 1. The number of hydrogen-bond acceptors (Lipinski definition) is 5. The number of benzene rings is 1. The van der Waals surface area contributed by atoms with Crippen LogP contribution in [-0.2, 0) is 25.5 Å². The minimum Gasteiger partial charge on any atom is -0.497 e. The topological polar surface area (TPSA) is 61.8 Å². The zero-order chi connectivity index (χ0) is 16.8. The molecule has 1 aliphatic carbocycles. The molecule has 0 radical (unpaired) electrons. The number of carbonyl (C=O) groups is 1. The normalized spacial score (nSPS) is 17.4. The maximum absolute atomic E-state index is 12.5. The van der Waals surface area contributed by atoms with Crippen LogP contribution in [0.15, 0.2) is 24.0 Å². The molecule has 5 nitrogen and oxygen atoms in total. The Morgan fingerprint density at radius 2 is 2.22 bits per heavy atom. The third-order valence-corrected chi connectivity index (χ3v) is 4.01. The van der Waals surface area contributed by atoms with Crippen LogP contribution in [0.5, 0.6) is 5.75 Å². The summed E-state index contributed by atoms with van der Waals surface area (Å²) in [5.74, 6) is 1.85. The number of aryl methyl sites for hydroxylation is 1. The Hall–Kier alpha value is -2.26. The predicted octanol–water partition coefficient (Wildman–Crippen LogP) is 2.80. The van der Waals surface area contributed by atoms with Crippen molar-refractivity contribution in [1.82, 2.24) is 0 Å². The number of ether oxygens (including phenoxy) is 3. The van der Waals surface area contributed by atoms with E-state index in [0.29, 0.717) is 6.61 Å². The van der Waals surface area contributed by atoms with Gasteiger partial charge in [0.15, 0.2) is 12.0 Å². The molecule has 0 N–H and O–H groups in total. The number of esters is 1. The number of rotatable bonds is 6. The second-order valence-electron chi connectivity index (χ2n) is 5.49. The lowest BCUT2D eigenvalue weighted by molar-refractivity contribution is -0.150. The van der Waals surface area contributed by atoms with Crippen molar-refractivity contribution in [2.45, 2.75) is 45.1 Å². The summed E-state index contributed by atoms with van der Waals surface area (Å²) in [6.45, 7) is 3.71. The molecule has 0 aromatic heterocycles. The zero-order valence-corrected chi connectivity index (χ0v) is 13.8. The van der Waals surface area contributed by atoms with Crippen molar-refractivity contribution in [3.8, 4) is 5.75 Å². The fraction of sp³-hybridized carbons (Fsp3) is 0.500. The van der Waals surface area contributed by atoms with E-state index in [1.54, 1.807) is 26.9 Å². The standard InChI is InChI=1S/C18H22O5/c1-4-22-17(11-19)12(2)23-18(20)16-7-5-6-13-10-14(21-3)8-9-15(13)16/h8-10,12,16H,4-7H2,1-3H3/t12-,16+/m1/s1. The van der Waals surface area contributed by atoms with E-state index >= 15 is 0 Å². The molecule has 23 heavy (non-hydrogen) atoms. The lowest BCUT2D eigenvalue weighted by Gasteiger charge is -2.26. The van der Waals surface area contributed by atoms with Gasteiger partial charge in [0, 0.05) is 0 Å². The summed E-state index contributed by atoms with van der Waals surface area (Å²) in [4.78, 5) is 23.4. The Kier molecular flexibility index (Phi) is 5.83. The second-order valence-corrected chi connectivity index (χ2v) is 5.49. The predicted molar refractivity (Wildman–Crippen MR) is 85.1 cm³/mol. The smallest absolute Gasteiger partial charge is 0.314 e. The van der Waals surface area contributed by atoms with Gasteiger partial charge in [0.05, 0.1) is 19.6 Å². The maximum Gasteiger partial charge on any atom is 0.314 e.